The molecule has 0 aliphatic carbocycles. The lowest BCUT2D eigenvalue weighted by atomic mass is 10.2. The molecule has 0 aliphatic rings. The van der Waals surface area contributed by atoms with Crippen LogP contribution in [0.5, 0.6) is 0 Å². The van der Waals surface area contributed by atoms with Gasteiger partial charge in [-0.1, -0.05) is 27.7 Å². The second-order valence-electron chi connectivity index (χ2n) is 3.54. The van der Waals surface area contributed by atoms with Gasteiger partial charge in [0.1, 0.15) is 0 Å². The van der Waals surface area contributed by atoms with Crippen LogP contribution in [0, 0.1) is 11.8 Å². The van der Waals surface area contributed by atoms with E-state index in [9.17, 15) is 0 Å². The molecule has 0 aromatic rings. The van der Waals surface area contributed by atoms with Gasteiger partial charge in [-0.2, -0.15) is 0 Å². The van der Waals surface area contributed by atoms with Crippen molar-refractivity contribution in [3.63, 3.8) is 0 Å². The summed E-state index contributed by atoms with van der Waals surface area (Å²) in [4.78, 5) is 0. The highest BCUT2D eigenvalue weighted by Crippen LogP contribution is 2.18. The van der Waals surface area contributed by atoms with Gasteiger partial charge in [-0.25, -0.2) is 8.58 Å². The molecule has 0 rings (SSSR count). The van der Waals surface area contributed by atoms with E-state index in [0.717, 1.165) is 0 Å². The van der Waals surface area contributed by atoms with Gasteiger partial charge in [0.15, 0.2) is 12.6 Å². The molecular weight excluding hydrogens is 215 g/mol. The third-order valence-corrected chi connectivity index (χ3v) is 1.88. The average molecular weight is 231 g/mol. The maximum atomic E-state index is 5.36. The molecule has 0 aliphatic heterocycles. The molecule has 2 unspecified atom stereocenters. The summed E-state index contributed by atoms with van der Waals surface area (Å²) in [6.45, 7) is 7.72. The van der Waals surface area contributed by atoms with E-state index in [-0.39, 0.29) is 11.8 Å². The lowest BCUT2D eigenvalue weighted by Crippen LogP contribution is -2.30. The summed E-state index contributed by atoms with van der Waals surface area (Å²) in [6, 6.07) is 0. The highest BCUT2D eigenvalue weighted by atomic mass is 35.5. The van der Waals surface area contributed by atoms with E-state index in [0.29, 0.717) is 0 Å². The second-order valence-corrected chi connectivity index (χ2v) is 3.90. The molecule has 80 valence electrons. The first kappa shape index (κ1) is 13.5. The molecule has 0 amide bonds. The average Bonchev–Trinajstić information content (AvgIpc) is 2.05. The topological polar surface area (TPSA) is 27.7 Å². The van der Waals surface area contributed by atoms with Crippen molar-refractivity contribution >= 4 is 23.7 Å². The van der Waals surface area contributed by atoms with E-state index in [1.807, 2.05) is 27.7 Å². The molecule has 2 atom stereocenters. The monoisotopic (exact) mass is 230 g/mol. The van der Waals surface area contributed by atoms with Crippen molar-refractivity contribution < 1.29 is 13.3 Å². The standard InChI is InChI=1S/C8H16Cl2O3/c1-5(2)7(12-9)11-8(13-10)6(3)4/h5-8H,1-4H3. The van der Waals surface area contributed by atoms with Crippen molar-refractivity contribution in [2.75, 3.05) is 0 Å². The van der Waals surface area contributed by atoms with E-state index in [2.05, 4.69) is 8.58 Å². The Bertz CT molecular complexity index is 117. The van der Waals surface area contributed by atoms with Crippen LogP contribution >= 0.6 is 23.7 Å². The summed E-state index contributed by atoms with van der Waals surface area (Å²) in [6.07, 6.45) is -1.01. The Labute approximate surface area is 89.6 Å². The van der Waals surface area contributed by atoms with Gasteiger partial charge < -0.3 is 4.74 Å². The van der Waals surface area contributed by atoms with E-state index in [1.165, 1.54) is 0 Å². The van der Waals surface area contributed by atoms with Crippen molar-refractivity contribution in [1.29, 1.82) is 0 Å². The van der Waals surface area contributed by atoms with E-state index in [1.54, 1.807) is 0 Å². The van der Waals surface area contributed by atoms with E-state index in [4.69, 9.17) is 28.5 Å². The first-order valence-corrected chi connectivity index (χ1v) is 4.84. The number of halogens is 2. The fraction of sp³-hybridized carbons (Fsp3) is 1.00. The Balaban J connectivity index is 4.03. The van der Waals surface area contributed by atoms with Crippen LogP contribution in [0.4, 0.5) is 0 Å². The second kappa shape index (κ2) is 6.85. The van der Waals surface area contributed by atoms with Crippen molar-refractivity contribution in [3.8, 4) is 0 Å². The summed E-state index contributed by atoms with van der Waals surface area (Å²) >= 11 is 10.5. The predicted octanol–water partition coefficient (Wildman–Crippen LogP) is 3.31. The third kappa shape index (κ3) is 5.03. The Morgan fingerprint density at radius 1 is 0.769 bits per heavy atom. The van der Waals surface area contributed by atoms with Gasteiger partial charge in [0.2, 0.25) is 0 Å². The molecule has 0 bridgehead atoms. The third-order valence-electron chi connectivity index (χ3n) is 1.53. The van der Waals surface area contributed by atoms with E-state index < -0.39 is 12.6 Å². The first-order valence-electron chi connectivity index (χ1n) is 4.23. The molecule has 0 saturated heterocycles. The summed E-state index contributed by atoms with van der Waals surface area (Å²) in [5, 5.41) is 0. The molecule has 0 fully saturated rings. The maximum absolute atomic E-state index is 5.36. The van der Waals surface area contributed by atoms with Crippen LogP contribution < -0.4 is 0 Å². The minimum absolute atomic E-state index is 0.144. The summed E-state index contributed by atoms with van der Waals surface area (Å²) in [5.41, 5.74) is 0. The summed E-state index contributed by atoms with van der Waals surface area (Å²) in [7, 11) is 0. The zero-order chi connectivity index (χ0) is 10.4. The normalized spacial score (nSPS) is 16.6. The summed E-state index contributed by atoms with van der Waals surface area (Å²) in [5.74, 6) is 0.288. The van der Waals surface area contributed by atoms with Crippen LogP contribution in [0.15, 0.2) is 0 Å². The van der Waals surface area contributed by atoms with Gasteiger partial charge in [0.25, 0.3) is 0 Å². The van der Waals surface area contributed by atoms with Crippen LogP contribution in [0.1, 0.15) is 27.7 Å². The summed E-state index contributed by atoms with van der Waals surface area (Å²) < 4.78 is 14.6. The van der Waals surface area contributed by atoms with Crippen molar-refractivity contribution in [2.24, 2.45) is 11.8 Å². The van der Waals surface area contributed by atoms with Crippen LogP contribution in [0.3, 0.4) is 0 Å². The molecular formula is C8H16Cl2O3. The Hall–Kier alpha value is 0.460. The number of ether oxygens (including phenoxy) is 1. The molecule has 13 heavy (non-hydrogen) atoms. The van der Waals surface area contributed by atoms with Crippen LogP contribution in [0.2, 0.25) is 0 Å². The fourth-order valence-electron chi connectivity index (χ4n) is 0.694. The Morgan fingerprint density at radius 2 is 1.08 bits per heavy atom. The molecule has 0 saturated carbocycles. The van der Waals surface area contributed by atoms with Gasteiger partial charge >= 0.3 is 0 Å². The number of rotatable bonds is 6. The molecule has 0 aromatic heterocycles. The lowest BCUT2D eigenvalue weighted by molar-refractivity contribution is -0.213. The quantitative estimate of drug-likeness (QED) is 0.656. The van der Waals surface area contributed by atoms with Gasteiger partial charge in [0, 0.05) is 11.8 Å². The Morgan fingerprint density at radius 3 is 1.23 bits per heavy atom. The highest BCUT2D eigenvalue weighted by Gasteiger charge is 2.23. The largest absolute Gasteiger partial charge is 0.320 e. The minimum Gasteiger partial charge on any atom is -0.320 e. The smallest absolute Gasteiger partial charge is 0.182 e. The highest BCUT2D eigenvalue weighted by molar-refractivity contribution is 6.07. The van der Waals surface area contributed by atoms with Crippen LogP contribution in [-0.4, -0.2) is 12.6 Å². The zero-order valence-corrected chi connectivity index (χ0v) is 9.80. The molecule has 3 nitrogen and oxygen atoms in total. The molecule has 0 aromatic carbocycles. The fourth-order valence-corrected chi connectivity index (χ4v) is 1.19. The predicted molar refractivity (Wildman–Crippen MR) is 52.2 cm³/mol. The molecule has 0 N–H and O–H groups in total. The van der Waals surface area contributed by atoms with Gasteiger partial charge in [-0.3, -0.25) is 0 Å². The molecule has 0 radical (unpaired) electrons. The maximum Gasteiger partial charge on any atom is 0.182 e. The molecule has 0 heterocycles. The first-order chi connectivity index (χ1) is 6.02. The van der Waals surface area contributed by atoms with Crippen molar-refractivity contribution in [3.05, 3.63) is 0 Å². The van der Waals surface area contributed by atoms with Crippen molar-refractivity contribution in [1.82, 2.24) is 0 Å². The van der Waals surface area contributed by atoms with Crippen LogP contribution in [-0.2, 0) is 13.3 Å². The van der Waals surface area contributed by atoms with Gasteiger partial charge in [-0.05, 0) is 0 Å². The Kier molecular flexibility index (Phi) is 7.09. The van der Waals surface area contributed by atoms with Gasteiger partial charge in [-0.15, -0.1) is 0 Å². The zero-order valence-electron chi connectivity index (χ0n) is 8.29. The lowest BCUT2D eigenvalue weighted by Gasteiger charge is -2.24. The number of hydrogen-bond acceptors (Lipinski definition) is 3. The van der Waals surface area contributed by atoms with Crippen molar-refractivity contribution in [2.45, 2.75) is 40.3 Å². The number of hydrogen-bond donors (Lipinski definition) is 0. The SMILES string of the molecule is CC(C)C(OCl)OC(OCl)C(C)C. The van der Waals surface area contributed by atoms with E-state index >= 15 is 0 Å². The van der Waals surface area contributed by atoms with Crippen LogP contribution in [0.25, 0.3) is 0 Å². The molecule has 0 spiro atoms. The van der Waals surface area contributed by atoms with Gasteiger partial charge in [0.05, 0.1) is 23.7 Å². The molecule has 5 heteroatoms. The minimum atomic E-state index is -0.507.